The van der Waals surface area contributed by atoms with Crippen molar-refractivity contribution in [2.75, 3.05) is 19.8 Å². The van der Waals surface area contributed by atoms with Gasteiger partial charge in [0.1, 0.15) is 48.8 Å². The highest BCUT2D eigenvalue weighted by molar-refractivity contribution is 5.76. The van der Waals surface area contributed by atoms with E-state index in [2.05, 4.69) is 19.2 Å². The van der Waals surface area contributed by atoms with Crippen LogP contribution in [0.5, 0.6) is 0 Å². The van der Waals surface area contributed by atoms with E-state index in [1.54, 1.807) is 6.08 Å². The molecule has 2 rings (SSSR count). The average molecular weight is 1180 g/mol. The van der Waals surface area contributed by atoms with Crippen molar-refractivity contribution in [3.8, 4) is 0 Å². The molecule has 1 amide bonds. The van der Waals surface area contributed by atoms with Crippen LogP contribution >= 0.6 is 0 Å². The van der Waals surface area contributed by atoms with Crippen LogP contribution in [-0.4, -0.2) is 140 Å². The molecule has 492 valence electrons. The third-order valence-electron chi connectivity index (χ3n) is 17.7. The van der Waals surface area contributed by atoms with Gasteiger partial charge in [0.25, 0.3) is 0 Å². The smallest absolute Gasteiger partial charge is 0.220 e. The third kappa shape index (κ3) is 39.4. The molecular formula is C69H133NO13. The van der Waals surface area contributed by atoms with E-state index in [1.165, 1.54) is 263 Å². The predicted octanol–water partition coefficient (Wildman–Crippen LogP) is 14.2. The van der Waals surface area contributed by atoms with Crippen LogP contribution in [0.2, 0.25) is 0 Å². The van der Waals surface area contributed by atoms with Gasteiger partial charge in [-0.15, -0.1) is 0 Å². The summed E-state index contributed by atoms with van der Waals surface area (Å²) in [6.45, 7) is 2.85. The lowest BCUT2D eigenvalue weighted by Crippen LogP contribution is -2.65. The Balaban J connectivity index is 1.63. The number of unbranched alkanes of at least 4 members (excludes halogenated alkanes) is 46. The van der Waals surface area contributed by atoms with Crippen LogP contribution in [0.4, 0.5) is 0 Å². The summed E-state index contributed by atoms with van der Waals surface area (Å²) < 4.78 is 22.8. The summed E-state index contributed by atoms with van der Waals surface area (Å²) >= 11 is 0. The van der Waals surface area contributed by atoms with Crippen LogP contribution in [0, 0.1) is 0 Å². The molecule has 14 nitrogen and oxygen atoms in total. The lowest BCUT2D eigenvalue weighted by molar-refractivity contribution is -0.359. The summed E-state index contributed by atoms with van der Waals surface area (Å²) in [5.41, 5.74) is 0. The Kier molecular flexibility index (Phi) is 51.4. The van der Waals surface area contributed by atoms with Gasteiger partial charge in [-0.05, 0) is 19.3 Å². The number of aliphatic hydroxyl groups is 8. The molecule has 0 aliphatic carbocycles. The third-order valence-corrected chi connectivity index (χ3v) is 17.7. The van der Waals surface area contributed by atoms with Gasteiger partial charge in [-0.2, -0.15) is 0 Å². The Hall–Kier alpha value is -1.27. The number of carbonyl (C=O) groups excluding carboxylic acids is 1. The molecule has 9 N–H and O–H groups in total. The first-order valence-electron chi connectivity index (χ1n) is 35.4. The second-order valence-electron chi connectivity index (χ2n) is 25.4. The number of rotatable bonds is 59. The highest BCUT2D eigenvalue weighted by atomic mass is 16.7. The number of ether oxygens (including phenoxy) is 4. The van der Waals surface area contributed by atoms with Gasteiger partial charge in [-0.3, -0.25) is 4.79 Å². The second kappa shape index (κ2) is 54.8. The van der Waals surface area contributed by atoms with E-state index >= 15 is 0 Å². The number of allylic oxidation sites excluding steroid dienone is 1. The minimum absolute atomic E-state index is 0.232. The second-order valence-corrected chi connectivity index (χ2v) is 25.4. The molecule has 0 radical (unpaired) electrons. The van der Waals surface area contributed by atoms with Crippen molar-refractivity contribution in [1.29, 1.82) is 0 Å². The van der Waals surface area contributed by atoms with E-state index in [-0.39, 0.29) is 18.9 Å². The fourth-order valence-electron chi connectivity index (χ4n) is 12.1. The molecule has 0 spiro atoms. The zero-order valence-corrected chi connectivity index (χ0v) is 53.5. The molecule has 0 bridgehead atoms. The summed E-state index contributed by atoms with van der Waals surface area (Å²) in [6.07, 6.45) is 50.0. The number of amides is 1. The lowest BCUT2D eigenvalue weighted by Gasteiger charge is -2.46. The molecule has 83 heavy (non-hydrogen) atoms. The molecule has 2 aliphatic rings. The van der Waals surface area contributed by atoms with Crippen LogP contribution in [0.1, 0.15) is 328 Å². The monoisotopic (exact) mass is 1180 g/mol. The zero-order valence-electron chi connectivity index (χ0n) is 53.5. The Labute approximate surface area is 507 Å². The average Bonchev–Trinajstić information content (AvgIpc) is 3.56. The lowest BCUT2D eigenvalue weighted by atomic mass is 9.97. The van der Waals surface area contributed by atoms with E-state index in [0.29, 0.717) is 6.42 Å². The van der Waals surface area contributed by atoms with Crippen LogP contribution in [0.3, 0.4) is 0 Å². The van der Waals surface area contributed by atoms with Gasteiger partial charge in [-0.25, -0.2) is 0 Å². The van der Waals surface area contributed by atoms with Crippen molar-refractivity contribution in [1.82, 2.24) is 5.32 Å². The van der Waals surface area contributed by atoms with Crippen molar-refractivity contribution in [2.24, 2.45) is 0 Å². The zero-order chi connectivity index (χ0) is 60.2. The van der Waals surface area contributed by atoms with E-state index in [0.717, 1.165) is 38.5 Å². The number of nitrogens with one attached hydrogen (secondary N) is 1. The van der Waals surface area contributed by atoms with Crippen LogP contribution in [0.15, 0.2) is 12.2 Å². The first kappa shape index (κ1) is 77.8. The van der Waals surface area contributed by atoms with Crippen molar-refractivity contribution >= 4 is 5.91 Å². The molecule has 2 saturated heterocycles. The van der Waals surface area contributed by atoms with Gasteiger partial charge in [0.15, 0.2) is 12.6 Å². The highest BCUT2D eigenvalue weighted by Crippen LogP contribution is 2.30. The molecule has 2 aliphatic heterocycles. The van der Waals surface area contributed by atoms with Gasteiger partial charge < -0.3 is 65.1 Å². The molecule has 0 aromatic rings. The minimum atomic E-state index is -1.79. The maximum absolute atomic E-state index is 13.3. The van der Waals surface area contributed by atoms with Gasteiger partial charge in [-0.1, -0.05) is 315 Å². The number of hydrogen-bond donors (Lipinski definition) is 9. The number of aliphatic hydroxyl groups excluding tert-OH is 8. The van der Waals surface area contributed by atoms with Gasteiger partial charge >= 0.3 is 0 Å². The van der Waals surface area contributed by atoms with Crippen LogP contribution < -0.4 is 5.32 Å². The molecule has 12 atom stereocenters. The van der Waals surface area contributed by atoms with E-state index < -0.39 is 86.8 Å². The Morgan fingerprint density at radius 1 is 0.422 bits per heavy atom. The van der Waals surface area contributed by atoms with Crippen molar-refractivity contribution in [3.05, 3.63) is 12.2 Å². The number of hydrogen-bond acceptors (Lipinski definition) is 13. The highest BCUT2D eigenvalue weighted by Gasteiger charge is 2.51. The molecular weight excluding hydrogens is 1050 g/mol. The Morgan fingerprint density at radius 2 is 0.747 bits per heavy atom. The van der Waals surface area contributed by atoms with Gasteiger partial charge in [0.05, 0.1) is 32.0 Å². The van der Waals surface area contributed by atoms with E-state index in [4.69, 9.17) is 18.9 Å². The summed E-state index contributed by atoms with van der Waals surface area (Å²) in [6, 6.07) is -0.910. The molecule has 14 heteroatoms. The standard InChI is InChI=1S/C69H133NO13/c1-3-5-7-9-11-13-15-17-19-21-22-23-24-25-26-27-28-29-30-31-32-33-34-35-36-37-38-40-42-44-46-48-50-52-58(73)57(70-61(74)53-51-49-47-45-43-41-39-20-18-16-14-12-10-8-6-4-2)56-80-68-66(79)64(77)67(60(55-72)82-68)83-69-65(78)63(76)62(75)59(54-71)81-69/h50,52,57-60,62-69,71-73,75-79H,3-49,51,53-56H2,1-2H3,(H,70,74)/b52-50+. The molecule has 0 aromatic carbocycles. The maximum Gasteiger partial charge on any atom is 0.220 e. The van der Waals surface area contributed by atoms with Crippen molar-refractivity contribution in [3.63, 3.8) is 0 Å². The first-order chi connectivity index (χ1) is 40.6. The SMILES string of the molecule is CCCCCCCCCCCCCCCCCCCCCCCCCCCCCCCCC/C=C/C(O)C(COC1OC(CO)C(OC2OC(CO)C(O)C(O)C2O)C(O)C1O)NC(=O)CCCCCCCCCCCCCCCCCC. The summed E-state index contributed by atoms with van der Waals surface area (Å²) in [7, 11) is 0. The first-order valence-corrected chi connectivity index (χ1v) is 35.4. The predicted molar refractivity (Wildman–Crippen MR) is 337 cm³/mol. The number of carbonyl (C=O) groups is 1. The largest absolute Gasteiger partial charge is 0.394 e. The molecule has 2 heterocycles. The molecule has 12 unspecified atom stereocenters. The van der Waals surface area contributed by atoms with E-state index in [9.17, 15) is 45.6 Å². The fraction of sp³-hybridized carbons (Fsp3) is 0.957. The Bertz CT molecular complexity index is 1440. The summed E-state index contributed by atoms with van der Waals surface area (Å²) in [4.78, 5) is 13.3. The molecule has 0 aromatic heterocycles. The van der Waals surface area contributed by atoms with Crippen LogP contribution in [0.25, 0.3) is 0 Å². The minimum Gasteiger partial charge on any atom is -0.394 e. The van der Waals surface area contributed by atoms with Gasteiger partial charge in [0, 0.05) is 6.42 Å². The topological polar surface area (TPSA) is 228 Å². The Morgan fingerprint density at radius 3 is 1.11 bits per heavy atom. The fourth-order valence-corrected chi connectivity index (χ4v) is 12.1. The summed E-state index contributed by atoms with van der Waals surface area (Å²) in [5.74, 6) is -0.232. The quantitative estimate of drug-likeness (QED) is 0.0204. The maximum atomic E-state index is 13.3. The van der Waals surface area contributed by atoms with Crippen LogP contribution in [-0.2, 0) is 23.7 Å². The molecule has 2 fully saturated rings. The van der Waals surface area contributed by atoms with Gasteiger partial charge in [0.2, 0.25) is 5.91 Å². The van der Waals surface area contributed by atoms with E-state index in [1.807, 2.05) is 6.08 Å². The normalized spacial score (nSPS) is 23.8. The summed E-state index contributed by atoms with van der Waals surface area (Å²) in [5, 5.41) is 87.4. The van der Waals surface area contributed by atoms with Crippen molar-refractivity contribution < 1.29 is 64.6 Å². The van der Waals surface area contributed by atoms with Crippen molar-refractivity contribution in [2.45, 2.75) is 402 Å². The molecule has 0 saturated carbocycles.